The molecule has 0 unspecified atom stereocenters. The number of amides is 1. The van der Waals surface area contributed by atoms with E-state index < -0.39 is 5.91 Å². The third-order valence-electron chi connectivity index (χ3n) is 10.2. The predicted octanol–water partition coefficient (Wildman–Crippen LogP) is 5.78. The Morgan fingerprint density at radius 3 is 1.77 bits per heavy atom. The third kappa shape index (κ3) is 11.0. The molecule has 0 radical (unpaired) electrons. The SMILES string of the molecule is C.CC(=O)c1cnc(N[C@@H]2CCCC[C@@H]2N)nc1Nc1cccc(-c2ncccn2)c1.NC(=O)c1cnc(N[C@@H]2CCCC[C@@H]2N)nc1Nc1cccc(-n2nccn2)c1. The van der Waals surface area contributed by atoms with E-state index in [0.717, 1.165) is 68.3 Å². The van der Waals surface area contributed by atoms with Gasteiger partial charge >= 0.3 is 0 Å². The number of aromatic nitrogens is 9. The first kappa shape index (κ1) is 42.7. The molecule has 2 aromatic carbocycles. The summed E-state index contributed by atoms with van der Waals surface area (Å²) in [6.07, 6.45) is 18.0. The number of carbonyl (C=O) groups excluding carboxylic acids is 2. The molecule has 2 aliphatic rings. The lowest BCUT2D eigenvalue weighted by Crippen LogP contribution is -2.43. The zero-order valence-electron chi connectivity index (χ0n) is 32.7. The second-order valence-corrected chi connectivity index (χ2v) is 14.5. The van der Waals surface area contributed by atoms with Crippen LogP contribution >= 0.6 is 0 Å². The Hall–Kier alpha value is -6.92. The Kier molecular flexibility index (Phi) is 14.3. The van der Waals surface area contributed by atoms with E-state index in [-0.39, 0.29) is 42.9 Å². The number of primary amides is 1. The number of hydrogen-bond donors (Lipinski definition) is 7. The van der Waals surface area contributed by atoms with Gasteiger partial charge in [-0.1, -0.05) is 51.3 Å². The molecule has 10 N–H and O–H groups in total. The van der Waals surface area contributed by atoms with E-state index in [9.17, 15) is 9.59 Å². The summed E-state index contributed by atoms with van der Waals surface area (Å²) in [6, 6.07) is 17.2. The maximum absolute atomic E-state index is 12.1. The molecule has 0 bridgehead atoms. The number of anilines is 6. The fourth-order valence-electron chi connectivity index (χ4n) is 7.06. The number of nitrogens with zero attached hydrogens (tertiary/aromatic N) is 9. The second kappa shape index (κ2) is 20.2. The molecule has 0 saturated heterocycles. The van der Waals surface area contributed by atoms with Crippen molar-refractivity contribution in [2.24, 2.45) is 17.2 Å². The Morgan fingerprint density at radius 2 is 1.20 bits per heavy atom. The highest BCUT2D eigenvalue weighted by Crippen LogP contribution is 2.27. The maximum Gasteiger partial charge on any atom is 0.254 e. The lowest BCUT2D eigenvalue weighted by molar-refractivity contribution is 0.0996. The number of nitrogens with one attached hydrogen (secondary N) is 4. The number of ketones is 1. The van der Waals surface area contributed by atoms with Crippen LogP contribution < -0.4 is 38.5 Å². The summed E-state index contributed by atoms with van der Waals surface area (Å²) in [7, 11) is 0. The van der Waals surface area contributed by atoms with Crippen LogP contribution in [0.15, 0.2) is 91.8 Å². The zero-order valence-corrected chi connectivity index (χ0v) is 32.7. The summed E-state index contributed by atoms with van der Waals surface area (Å²) in [5.74, 6) is 1.56. The fraction of sp³-hybridized carbons (Fsp3) is 0.333. The molecule has 4 atom stereocenters. The van der Waals surface area contributed by atoms with Crippen molar-refractivity contribution < 1.29 is 9.59 Å². The fourth-order valence-corrected chi connectivity index (χ4v) is 7.06. The average molecular weight is 813 g/mol. The van der Waals surface area contributed by atoms with Crippen molar-refractivity contribution in [2.45, 2.75) is 89.9 Å². The molecule has 18 heteroatoms. The first-order valence-corrected chi connectivity index (χ1v) is 19.7. The summed E-state index contributed by atoms with van der Waals surface area (Å²) in [5, 5.41) is 21.3. The van der Waals surface area contributed by atoms with Crippen LogP contribution in [0.2, 0.25) is 0 Å². The first-order chi connectivity index (χ1) is 28.7. The molecule has 4 heterocycles. The molecule has 2 fully saturated rings. The van der Waals surface area contributed by atoms with Gasteiger partial charge in [0.2, 0.25) is 11.9 Å². The summed E-state index contributed by atoms with van der Waals surface area (Å²) < 4.78 is 0. The van der Waals surface area contributed by atoms with Crippen LogP contribution in [0.1, 0.15) is 86.4 Å². The van der Waals surface area contributed by atoms with Gasteiger partial charge in [-0.05, 0) is 69.0 Å². The highest BCUT2D eigenvalue weighted by atomic mass is 16.1. The van der Waals surface area contributed by atoms with E-state index in [4.69, 9.17) is 17.2 Å². The van der Waals surface area contributed by atoms with Gasteiger partial charge in [0.25, 0.3) is 5.91 Å². The predicted molar refractivity (Wildman–Crippen MR) is 232 cm³/mol. The van der Waals surface area contributed by atoms with Crippen molar-refractivity contribution in [2.75, 3.05) is 21.3 Å². The molecule has 312 valence electrons. The van der Waals surface area contributed by atoms with E-state index in [0.29, 0.717) is 40.6 Å². The van der Waals surface area contributed by atoms with E-state index in [1.807, 2.05) is 48.5 Å². The minimum atomic E-state index is -0.613. The van der Waals surface area contributed by atoms with Crippen LogP contribution in [0.4, 0.5) is 34.9 Å². The van der Waals surface area contributed by atoms with Gasteiger partial charge in [-0.25, -0.2) is 19.9 Å². The molecule has 4 aromatic heterocycles. The van der Waals surface area contributed by atoms with Crippen molar-refractivity contribution in [1.29, 1.82) is 0 Å². The topological polar surface area (TPSA) is 268 Å². The summed E-state index contributed by atoms with van der Waals surface area (Å²) in [6.45, 7) is 1.50. The molecular weight excluding hydrogens is 761 g/mol. The van der Waals surface area contributed by atoms with Gasteiger partial charge in [-0.15, -0.1) is 0 Å². The van der Waals surface area contributed by atoms with E-state index in [1.165, 1.54) is 17.9 Å². The number of rotatable bonds is 12. The lowest BCUT2D eigenvalue weighted by Gasteiger charge is -2.29. The molecule has 2 aliphatic carbocycles. The standard InChI is InChI=1S/C22H25N7O.C19H23N9O.CH4/c1-14(30)17-13-26-22(28-19-9-3-2-8-18(19)23)29-21(17)27-16-7-4-6-15(12-16)20-24-10-5-11-25-20;20-15-6-1-2-7-16(15)26-19-22-11-14(17(21)29)18(27-19)25-12-4-3-5-13(10-12)28-23-8-9-24-28;/h4-7,10-13,18-19H,2-3,8-9,23H2,1H3,(H2,26,27,28,29);3-5,8-11,15-16H,1-2,6-7,20H2,(H2,21,29)(H2,22,25,26,27);1H4/t18-,19+;15-,16+;/m00./s1. The Morgan fingerprint density at radius 1 is 0.667 bits per heavy atom. The van der Waals surface area contributed by atoms with Crippen molar-refractivity contribution in [3.63, 3.8) is 0 Å². The highest BCUT2D eigenvalue weighted by molar-refractivity contribution is 5.99. The van der Waals surface area contributed by atoms with Crippen molar-refractivity contribution in [3.8, 4) is 17.1 Å². The number of nitrogens with two attached hydrogens (primary N) is 3. The second-order valence-electron chi connectivity index (χ2n) is 14.5. The minimum absolute atomic E-state index is 0. The highest BCUT2D eigenvalue weighted by Gasteiger charge is 2.24. The quantitative estimate of drug-likeness (QED) is 0.0722. The van der Waals surface area contributed by atoms with E-state index >= 15 is 0 Å². The molecule has 6 aromatic rings. The van der Waals surface area contributed by atoms with Gasteiger partial charge in [0.1, 0.15) is 17.2 Å². The number of benzene rings is 2. The van der Waals surface area contributed by atoms with Crippen LogP contribution in [-0.4, -0.2) is 80.8 Å². The number of Topliss-reactive ketones (excluding diaryl/α,β-unsaturated/α-hetero) is 1. The van der Waals surface area contributed by atoms with Crippen LogP contribution in [0.5, 0.6) is 0 Å². The van der Waals surface area contributed by atoms with Crippen LogP contribution in [0.25, 0.3) is 17.1 Å². The summed E-state index contributed by atoms with van der Waals surface area (Å²) in [5.41, 5.74) is 21.7. The number of hydrogen-bond acceptors (Lipinski definition) is 16. The molecule has 0 aliphatic heterocycles. The third-order valence-corrected chi connectivity index (χ3v) is 10.2. The Bertz CT molecular complexity index is 2340. The Labute approximate surface area is 348 Å². The lowest BCUT2D eigenvalue weighted by atomic mass is 9.91. The molecule has 60 heavy (non-hydrogen) atoms. The summed E-state index contributed by atoms with van der Waals surface area (Å²) in [4.78, 5) is 51.7. The molecule has 8 rings (SSSR count). The largest absolute Gasteiger partial charge is 0.365 e. The van der Waals surface area contributed by atoms with Crippen molar-refractivity contribution in [1.82, 2.24) is 44.9 Å². The van der Waals surface area contributed by atoms with Gasteiger partial charge in [0.05, 0.1) is 23.6 Å². The molecule has 2 saturated carbocycles. The maximum atomic E-state index is 12.1. The number of carbonyl (C=O) groups is 2. The molecule has 0 spiro atoms. The van der Waals surface area contributed by atoms with Gasteiger partial charge in [0.15, 0.2) is 11.6 Å². The Balaban J connectivity index is 0.000000198. The van der Waals surface area contributed by atoms with Crippen molar-refractivity contribution in [3.05, 3.63) is 103 Å². The normalized spacial score (nSPS) is 18.4. The van der Waals surface area contributed by atoms with Crippen LogP contribution in [-0.2, 0) is 0 Å². The van der Waals surface area contributed by atoms with E-state index in [1.54, 1.807) is 37.1 Å². The molecular formula is C42H52N16O2. The van der Waals surface area contributed by atoms with E-state index in [2.05, 4.69) is 61.4 Å². The monoisotopic (exact) mass is 812 g/mol. The molecule has 1 amide bonds. The van der Waals surface area contributed by atoms with Gasteiger partial charge in [-0.3, -0.25) is 9.59 Å². The first-order valence-electron chi connectivity index (χ1n) is 19.7. The van der Waals surface area contributed by atoms with Crippen LogP contribution in [0.3, 0.4) is 0 Å². The molecule has 18 nitrogen and oxygen atoms in total. The van der Waals surface area contributed by atoms with Crippen LogP contribution in [0, 0.1) is 0 Å². The zero-order chi connectivity index (χ0) is 41.1. The van der Waals surface area contributed by atoms with Gasteiger partial charge < -0.3 is 38.5 Å². The van der Waals surface area contributed by atoms with Gasteiger partial charge in [-0.2, -0.15) is 25.0 Å². The van der Waals surface area contributed by atoms with Gasteiger partial charge in [0, 0.05) is 65.9 Å². The summed E-state index contributed by atoms with van der Waals surface area (Å²) >= 11 is 0. The van der Waals surface area contributed by atoms with Crippen molar-refractivity contribution >= 4 is 46.6 Å². The minimum Gasteiger partial charge on any atom is -0.365 e. The average Bonchev–Trinajstić information content (AvgIpc) is 3.79. The smallest absolute Gasteiger partial charge is 0.254 e.